The molecule has 0 aliphatic carbocycles. The third kappa shape index (κ3) is 6.88. The normalized spacial score (nSPS) is 11.9. The van der Waals surface area contributed by atoms with Crippen LogP contribution in [0.15, 0.2) is 46.1 Å². The van der Waals surface area contributed by atoms with Crippen molar-refractivity contribution >= 4 is 23.2 Å². The van der Waals surface area contributed by atoms with Crippen LogP contribution in [0.1, 0.15) is 49.2 Å². The summed E-state index contributed by atoms with van der Waals surface area (Å²) in [5.74, 6) is 0.709. The van der Waals surface area contributed by atoms with Crippen LogP contribution in [0.4, 0.5) is 0 Å². The molecule has 0 bridgehead atoms. The van der Waals surface area contributed by atoms with Crippen molar-refractivity contribution in [2.75, 3.05) is 6.54 Å². The van der Waals surface area contributed by atoms with Gasteiger partial charge in [-0.1, -0.05) is 12.1 Å². The van der Waals surface area contributed by atoms with Crippen LogP contribution < -0.4 is 16.0 Å². The van der Waals surface area contributed by atoms with Gasteiger partial charge >= 0.3 is 0 Å². The molecule has 2 rings (SSSR count). The van der Waals surface area contributed by atoms with Crippen LogP contribution in [-0.2, 0) is 13.1 Å². The third-order valence-electron chi connectivity index (χ3n) is 3.48. The average Bonchev–Trinajstić information content (AvgIpc) is 3.09. The molecule has 1 amide bonds. The number of hydrogen-bond acceptors (Lipinski definition) is 3. The molecule has 26 heavy (non-hydrogen) atoms. The van der Waals surface area contributed by atoms with Crippen molar-refractivity contribution in [2.24, 2.45) is 4.99 Å². The van der Waals surface area contributed by atoms with E-state index in [1.807, 2.05) is 52.0 Å². The predicted octanol–water partition coefficient (Wildman–Crippen LogP) is 3.53. The second-order valence-corrected chi connectivity index (χ2v) is 7.86. The largest absolute Gasteiger partial charge is 0.357 e. The van der Waals surface area contributed by atoms with Gasteiger partial charge in [-0.15, -0.1) is 0 Å². The van der Waals surface area contributed by atoms with E-state index in [2.05, 4.69) is 37.8 Å². The van der Waals surface area contributed by atoms with Crippen LogP contribution in [0, 0.1) is 0 Å². The molecule has 0 fully saturated rings. The molecule has 1 aromatic carbocycles. The van der Waals surface area contributed by atoms with Crippen molar-refractivity contribution in [3.63, 3.8) is 0 Å². The molecule has 0 saturated heterocycles. The number of hydrogen-bond donors (Lipinski definition) is 3. The van der Waals surface area contributed by atoms with Gasteiger partial charge in [0.15, 0.2) is 5.96 Å². The number of rotatable bonds is 6. The first-order valence-corrected chi connectivity index (χ1v) is 9.76. The molecule has 140 valence electrons. The first-order chi connectivity index (χ1) is 12.4. The maximum absolute atomic E-state index is 12.3. The Morgan fingerprint density at radius 1 is 1.15 bits per heavy atom. The number of guanidine groups is 1. The van der Waals surface area contributed by atoms with Crippen molar-refractivity contribution in [3.05, 3.63) is 57.8 Å². The van der Waals surface area contributed by atoms with Crippen LogP contribution in [0.2, 0.25) is 0 Å². The Balaban J connectivity index is 1.99. The van der Waals surface area contributed by atoms with Gasteiger partial charge in [0.1, 0.15) is 0 Å². The molecule has 3 N–H and O–H groups in total. The highest BCUT2D eigenvalue weighted by atomic mass is 32.1. The van der Waals surface area contributed by atoms with Gasteiger partial charge in [0.2, 0.25) is 0 Å². The molecule has 5 nitrogen and oxygen atoms in total. The number of nitrogens with zero attached hydrogens (tertiary/aromatic N) is 1. The topological polar surface area (TPSA) is 65.5 Å². The first kappa shape index (κ1) is 20.0. The summed E-state index contributed by atoms with van der Waals surface area (Å²) in [5.41, 5.74) is 2.65. The molecule has 1 heterocycles. The summed E-state index contributed by atoms with van der Waals surface area (Å²) in [5, 5.41) is 13.7. The fourth-order valence-electron chi connectivity index (χ4n) is 2.32. The van der Waals surface area contributed by atoms with Gasteiger partial charge in [-0.3, -0.25) is 4.79 Å². The van der Waals surface area contributed by atoms with Crippen molar-refractivity contribution < 1.29 is 4.79 Å². The molecule has 0 aliphatic rings. The zero-order valence-corrected chi connectivity index (χ0v) is 16.7. The highest BCUT2D eigenvalue weighted by Gasteiger charge is 2.15. The van der Waals surface area contributed by atoms with E-state index in [9.17, 15) is 4.79 Å². The monoisotopic (exact) mass is 372 g/mol. The fourth-order valence-corrected chi connectivity index (χ4v) is 2.98. The smallest absolute Gasteiger partial charge is 0.251 e. The number of nitrogens with one attached hydrogen (secondary N) is 3. The van der Waals surface area contributed by atoms with Gasteiger partial charge in [0.25, 0.3) is 5.91 Å². The summed E-state index contributed by atoms with van der Waals surface area (Å²) in [6.45, 7) is 10.0. The van der Waals surface area contributed by atoms with E-state index in [0.717, 1.165) is 18.1 Å². The molecule has 0 saturated carbocycles. The number of benzene rings is 1. The van der Waals surface area contributed by atoms with E-state index in [1.165, 1.54) is 5.56 Å². The van der Waals surface area contributed by atoms with E-state index >= 15 is 0 Å². The number of aliphatic imine (C=N–C) groups is 1. The lowest BCUT2D eigenvalue weighted by Crippen LogP contribution is -2.40. The number of carbonyl (C=O) groups is 1. The maximum Gasteiger partial charge on any atom is 0.251 e. The quantitative estimate of drug-likeness (QED) is 0.537. The van der Waals surface area contributed by atoms with Gasteiger partial charge in [0.05, 0.1) is 6.54 Å². The predicted molar refractivity (Wildman–Crippen MR) is 110 cm³/mol. The lowest BCUT2D eigenvalue weighted by Gasteiger charge is -2.20. The summed E-state index contributed by atoms with van der Waals surface area (Å²) >= 11 is 1.67. The second kappa shape index (κ2) is 9.38. The molecule has 2 aromatic rings. The van der Waals surface area contributed by atoms with Crippen LogP contribution in [0.25, 0.3) is 0 Å². The van der Waals surface area contributed by atoms with E-state index in [0.29, 0.717) is 18.7 Å². The second-order valence-electron chi connectivity index (χ2n) is 7.08. The van der Waals surface area contributed by atoms with Crippen molar-refractivity contribution in [2.45, 2.75) is 46.3 Å². The molecule has 1 aromatic heterocycles. The Morgan fingerprint density at radius 2 is 1.96 bits per heavy atom. The third-order valence-corrected chi connectivity index (χ3v) is 4.21. The molecular formula is C20H28N4OS. The summed E-state index contributed by atoms with van der Waals surface area (Å²) in [6, 6.07) is 9.74. The SMILES string of the molecule is CCNC(=NCc1ccsc1)NCc1cccc(C(=O)NC(C)(C)C)c1. The lowest BCUT2D eigenvalue weighted by molar-refractivity contribution is 0.0919. The molecule has 0 spiro atoms. The Morgan fingerprint density at radius 3 is 2.62 bits per heavy atom. The molecule has 0 aliphatic heterocycles. The minimum atomic E-state index is -0.252. The zero-order valence-electron chi connectivity index (χ0n) is 15.9. The Bertz CT molecular complexity index is 733. The summed E-state index contributed by atoms with van der Waals surface area (Å²) in [6.07, 6.45) is 0. The average molecular weight is 373 g/mol. The van der Waals surface area contributed by atoms with Gasteiger partial charge < -0.3 is 16.0 Å². The van der Waals surface area contributed by atoms with E-state index < -0.39 is 0 Å². The Kier molecular flexibility index (Phi) is 7.21. The van der Waals surface area contributed by atoms with E-state index in [1.54, 1.807) is 11.3 Å². The molecule has 0 radical (unpaired) electrons. The van der Waals surface area contributed by atoms with E-state index in [-0.39, 0.29) is 11.4 Å². The first-order valence-electron chi connectivity index (χ1n) is 8.82. The van der Waals surface area contributed by atoms with Crippen molar-refractivity contribution in [1.29, 1.82) is 0 Å². The maximum atomic E-state index is 12.3. The minimum absolute atomic E-state index is 0.0580. The van der Waals surface area contributed by atoms with E-state index in [4.69, 9.17) is 0 Å². The summed E-state index contributed by atoms with van der Waals surface area (Å²) in [7, 11) is 0. The van der Waals surface area contributed by atoms with Gasteiger partial charge in [-0.05, 0) is 67.8 Å². The molecule has 0 atom stereocenters. The zero-order chi connectivity index (χ0) is 19.0. The number of carbonyl (C=O) groups excluding carboxylic acids is 1. The minimum Gasteiger partial charge on any atom is -0.357 e. The van der Waals surface area contributed by atoms with Crippen molar-refractivity contribution in [1.82, 2.24) is 16.0 Å². The van der Waals surface area contributed by atoms with Gasteiger partial charge in [-0.2, -0.15) is 11.3 Å². The van der Waals surface area contributed by atoms with Crippen LogP contribution in [0.3, 0.4) is 0 Å². The standard InChI is InChI=1S/C20H28N4OS/c1-5-21-19(23-13-16-9-10-26-14-16)22-12-15-7-6-8-17(11-15)18(25)24-20(2,3)4/h6-11,14H,5,12-13H2,1-4H3,(H,24,25)(H2,21,22,23). The molecule has 0 unspecified atom stereocenters. The molecule has 6 heteroatoms. The highest BCUT2D eigenvalue weighted by molar-refractivity contribution is 7.07. The summed E-state index contributed by atoms with van der Waals surface area (Å²) in [4.78, 5) is 16.9. The highest BCUT2D eigenvalue weighted by Crippen LogP contribution is 2.09. The summed E-state index contributed by atoms with van der Waals surface area (Å²) < 4.78 is 0. The Labute approximate surface area is 159 Å². The number of amides is 1. The van der Waals surface area contributed by atoms with Gasteiger partial charge in [-0.25, -0.2) is 4.99 Å². The van der Waals surface area contributed by atoms with Gasteiger partial charge in [0, 0.05) is 24.2 Å². The van der Waals surface area contributed by atoms with Crippen molar-refractivity contribution in [3.8, 4) is 0 Å². The van der Waals surface area contributed by atoms with Crippen LogP contribution in [0.5, 0.6) is 0 Å². The number of thiophene rings is 1. The Hall–Kier alpha value is -2.34. The molecular weight excluding hydrogens is 344 g/mol. The lowest BCUT2D eigenvalue weighted by atomic mass is 10.1. The fraction of sp³-hybridized carbons (Fsp3) is 0.400. The van der Waals surface area contributed by atoms with Crippen LogP contribution >= 0.6 is 11.3 Å². The van der Waals surface area contributed by atoms with Crippen LogP contribution in [-0.4, -0.2) is 24.0 Å².